The van der Waals surface area contributed by atoms with Crippen molar-refractivity contribution in [1.29, 1.82) is 5.26 Å². The van der Waals surface area contributed by atoms with E-state index in [-0.39, 0.29) is 0 Å². The van der Waals surface area contributed by atoms with E-state index in [0.29, 0.717) is 10.6 Å². The number of hydrogen-bond acceptors (Lipinski definition) is 6. The van der Waals surface area contributed by atoms with Crippen LogP contribution in [0.15, 0.2) is 40.6 Å². The molecule has 25 heavy (non-hydrogen) atoms. The standard InChI is InChI=1S/C18H18N2O3S2/c1-11-4-6-15(7-5-11)25-13(3)18(22)23-12(2)16(21)20-17-14(10-19)8-9-24-17/h4-9,12-13H,1-3H3,(H,20,21)/t12-,13+/m1/s1. The number of hydrogen-bond donors (Lipinski definition) is 1. The summed E-state index contributed by atoms with van der Waals surface area (Å²) < 4.78 is 5.24. The number of nitriles is 1. The summed E-state index contributed by atoms with van der Waals surface area (Å²) in [6.45, 7) is 5.25. The molecule has 0 unspecified atom stereocenters. The minimum Gasteiger partial charge on any atom is -0.452 e. The monoisotopic (exact) mass is 374 g/mol. The first kappa shape index (κ1) is 19.0. The summed E-state index contributed by atoms with van der Waals surface area (Å²) >= 11 is 2.63. The molecule has 0 saturated carbocycles. The first-order valence-corrected chi connectivity index (χ1v) is 9.39. The molecule has 1 amide bonds. The molecule has 7 heteroatoms. The molecule has 0 aliphatic heterocycles. The lowest BCUT2D eigenvalue weighted by molar-refractivity contribution is -0.152. The summed E-state index contributed by atoms with van der Waals surface area (Å²) in [6.07, 6.45) is -0.942. The number of esters is 1. The van der Waals surface area contributed by atoms with Gasteiger partial charge in [0.25, 0.3) is 5.91 Å². The lowest BCUT2D eigenvalue weighted by Crippen LogP contribution is -2.32. The molecule has 2 rings (SSSR count). The number of benzene rings is 1. The van der Waals surface area contributed by atoms with E-state index in [1.54, 1.807) is 18.4 Å². The Morgan fingerprint density at radius 1 is 1.24 bits per heavy atom. The summed E-state index contributed by atoms with van der Waals surface area (Å²) in [7, 11) is 0. The van der Waals surface area contributed by atoms with E-state index in [0.717, 1.165) is 10.5 Å². The Balaban J connectivity index is 1.89. The van der Waals surface area contributed by atoms with Crippen molar-refractivity contribution < 1.29 is 14.3 Å². The van der Waals surface area contributed by atoms with E-state index in [1.807, 2.05) is 37.3 Å². The van der Waals surface area contributed by atoms with E-state index >= 15 is 0 Å². The number of amides is 1. The van der Waals surface area contributed by atoms with Crippen LogP contribution >= 0.6 is 23.1 Å². The fourth-order valence-electron chi connectivity index (χ4n) is 1.90. The van der Waals surface area contributed by atoms with Gasteiger partial charge in [-0.3, -0.25) is 9.59 Å². The number of carbonyl (C=O) groups is 2. The zero-order chi connectivity index (χ0) is 18.4. The molecule has 0 fully saturated rings. The van der Waals surface area contributed by atoms with Gasteiger partial charge in [-0.05, 0) is 44.4 Å². The number of thioether (sulfide) groups is 1. The van der Waals surface area contributed by atoms with E-state index < -0.39 is 23.2 Å². The normalized spacial score (nSPS) is 12.7. The highest BCUT2D eigenvalue weighted by molar-refractivity contribution is 8.00. The molecule has 1 heterocycles. The molecule has 0 spiro atoms. The third-order valence-electron chi connectivity index (χ3n) is 3.35. The molecule has 0 aliphatic rings. The van der Waals surface area contributed by atoms with Crippen LogP contribution < -0.4 is 5.32 Å². The van der Waals surface area contributed by atoms with Crippen LogP contribution in [0.25, 0.3) is 0 Å². The molecule has 0 radical (unpaired) electrons. The number of anilines is 1. The summed E-state index contributed by atoms with van der Waals surface area (Å²) in [5.74, 6) is -0.917. The van der Waals surface area contributed by atoms with Crippen molar-refractivity contribution in [3.8, 4) is 6.07 Å². The zero-order valence-corrected chi connectivity index (χ0v) is 15.7. The Morgan fingerprint density at radius 3 is 2.56 bits per heavy atom. The summed E-state index contributed by atoms with van der Waals surface area (Å²) in [5, 5.41) is 13.3. The fraction of sp³-hybridized carbons (Fsp3) is 0.278. The highest BCUT2D eigenvalue weighted by atomic mass is 32.2. The molecular weight excluding hydrogens is 356 g/mol. The maximum Gasteiger partial charge on any atom is 0.319 e. The van der Waals surface area contributed by atoms with E-state index in [1.165, 1.54) is 30.0 Å². The SMILES string of the molecule is Cc1ccc(S[C@@H](C)C(=O)O[C@H](C)C(=O)Nc2sccc2C#N)cc1. The van der Waals surface area contributed by atoms with E-state index in [4.69, 9.17) is 10.00 Å². The van der Waals surface area contributed by atoms with Gasteiger partial charge in [-0.2, -0.15) is 5.26 Å². The summed E-state index contributed by atoms with van der Waals surface area (Å²) in [4.78, 5) is 25.3. The van der Waals surface area contributed by atoms with Gasteiger partial charge in [0.2, 0.25) is 0 Å². The van der Waals surface area contributed by atoms with Crippen molar-refractivity contribution in [2.75, 3.05) is 5.32 Å². The third-order valence-corrected chi connectivity index (χ3v) is 5.27. The summed E-state index contributed by atoms with van der Waals surface area (Å²) in [6, 6.07) is 11.5. The van der Waals surface area contributed by atoms with Crippen LogP contribution in [0.4, 0.5) is 5.00 Å². The molecule has 5 nitrogen and oxygen atoms in total. The van der Waals surface area contributed by atoms with E-state index in [9.17, 15) is 9.59 Å². The molecular formula is C18H18N2O3S2. The molecule has 2 aromatic rings. The smallest absolute Gasteiger partial charge is 0.319 e. The minimum absolute atomic E-state index is 0.389. The van der Waals surface area contributed by atoms with Gasteiger partial charge in [-0.15, -0.1) is 23.1 Å². The van der Waals surface area contributed by atoms with Crippen molar-refractivity contribution >= 4 is 40.0 Å². The second-order valence-electron chi connectivity index (χ2n) is 5.42. The molecule has 0 aliphatic carbocycles. The lowest BCUT2D eigenvalue weighted by Gasteiger charge is -2.16. The van der Waals surface area contributed by atoms with Gasteiger partial charge in [-0.1, -0.05) is 17.7 Å². The van der Waals surface area contributed by atoms with E-state index in [2.05, 4.69) is 5.32 Å². The molecule has 1 aromatic heterocycles. The first-order chi connectivity index (χ1) is 11.9. The van der Waals surface area contributed by atoms with Gasteiger partial charge < -0.3 is 10.1 Å². The average molecular weight is 374 g/mol. The highest BCUT2D eigenvalue weighted by Crippen LogP contribution is 2.25. The summed E-state index contributed by atoms with van der Waals surface area (Å²) in [5.41, 5.74) is 1.54. The van der Waals surface area contributed by atoms with Crippen molar-refractivity contribution in [2.45, 2.75) is 37.0 Å². The second-order valence-corrected chi connectivity index (χ2v) is 7.75. The Morgan fingerprint density at radius 2 is 1.92 bits per heavy atom. The molecule has 130 valence electrons. The zero-order valence-electron chi connectivity index (χ0n) is 14.1. The predicted octanol–water partition coefficient (Wildman–Crippen LogP) is 3.98. The van der Waals surface area contributed by atoms with Crippen molar-refractivity contribution in [3.63, 3.8) is 0 Å². The number of thiophene rings is 1. The van der Waals surface area contributed by atoms with Crippen molar-refractivity contribution in [3.05, 3.63) is 46.8 Å². The molecule has 2 atom stereocenters. The Hall–Kier alpha value is -2.30. The third kappa shape index (κ3) is 5.34. The molecule has 0 bridgehead atoms. The van der Waals surface area contributed by atoms with Crippen LogP contribution in [-0.2, 0) is 14.3 Å². The van der Waals surface area contributed by atoms with Crippen molar-refractivity contribution in [2.24, 2.45) is 0 Å². The minimum atomic E-state index is -0.942. The van der Waals surface area contributed by atoms with Crippen LogP contribution in [0, 0.1) is 18.3 Å². The topological polar surface area (TPSA) is 79.2 Å². The van der Waals surface area contributed by atoms with Crippen molar-refractivity contribution in [1.82, 2.24) is 0 Å². The number of aryl methyl sites for hydroxylation is 1. The Labute approximate surface area is 155 Å². The molecule has 0 saturated heterocycles. The fourth-order valence-corrected chi connectivity index (χ4v) is 3.49. The molecule has 1 N–H and O–H groups in total. The Kier molecular flexibility index (Phi) is 6.62. The highest BCUT2D eigenvalue weighted by Gasteiger charge is 2.23. The van der Waals surface area contributed by atoms with Crippen LogP contribution in [0.5, 0.6) is 0 Å². The van der Waals surface area contributed by atoms with Gasteiger partial charge in [-0.25, -0.2) is 0 Å². The molecule has 1 aromatic carbocycles. The second kappa shape index (κ2) is 8.70. The number of nitrogens with one attached hydrogen (secondary N) is 1. The van der Waals surface area contributed by atoms with Gasteiger partial charge >= 0.3 is 5.97 Å². The van der Waals surface area contributed by atoms with Gasteiger partial charge in [0, 0.05) is 4.90 Å². The quantitative estimate of drug-likeness (QED) is 0.611. The predicted molar refractivity (Wildman–Crippen MR) is 99.7 cm³/mol. The maximum absolute atomic E-state index is 12.2. The van der Waals surface area contributed by atoms with Crippen LogP contribution in [-0.4, -0.2) is 23.2 Å². The van der Waals surface area contributed by atoms with Crippen LogP contribution in [0.1, 0.15) is 25.0 Å². The van der Waals surface area contributed by atoms with Gasteiger partial charge in [0.15, 0.2) is 6.10 Å². The first-order valence-electron chi connectivity index (χ1n) is 7.63. The average Bonchev–Trinajstić information content (AvgIpc) is 3.03. The van der Waals surface area contributed by atoms with Gasteiger partial charge in [0.1, 0.15) is 16.3 Å². The number of carbonyl (C=O) groups excluding carboxylic acids is 2. The largest absolute Gasteiger partial charge is 0.452 e. The Bertz CT molecular complexity index is 793. The van der Waals surface area contributed by atoms with Crippen LogP contribution in [0.3, 0.4) is 0 Å². The number of ether oxygens (including phenoxy) is 1. The van der Waals surface area contributed by atoms with Crippen LogP contribution in [0.2, 0.25) is 0 Å². The number of nitrogens with zero attached hydrogens (tertiary/aromatic N) is 1. The van der Waals surface area contributed by atoms with Gasteiger partial charge in [0.05, 0.1) is 5.56 Å². The number of rotatable bonds is 6. The lowest BCUT2D eigenvalue weighted by atomic mass is 10.2. The maximum atomic E-state index is 12.2.